The standard InChI is InChI=1S/C20H23N5/c1-2-15(1)14-24-9-11-25(12-10-24)17-5-3-16(4-6-17)19-13-22-20-18(23-19)7-8-21-20/h3-8,13,15H,1-2,9-12,14H2,(H,21,22). The average Bonchev–Trinajstić information content (AvgIpc) is 3.35. The van der Waals surface area contributed by atoms with Gasteiger partial charge in [0, 0.05) is 50.2 Å². The van der Waals surface area contributed by atoms with Gasteiger partial charge in [0.25, 0.3) is 0 Å². The van der Waals surface area contributed by atoms with Crippen LogP contribution in [0.2, 0.25) is 0 Å². The first-order valence-corrected chi connectivity index (χ1v) is 9.23. The van der Waals surface area contributed by atoms with Crippen molar-refractivity contribution >= 4 is 16.9 Å². The number of fused-ring (bicyclic) bond motifs is 1. The van der Waals surface area contributed by atoms with Gasteiger partial charge in [0.2, 0.25) is 0 Å². The van der Waals surface area contributed by atoms with Crippen LogP contribution in [-0.4, -0.2) is 52.6 Å². The molecule has 3 heterocycles. The molecule has 1 aliphatic carbocycles. The van der Waals surface area contributed by atoms with Crippen LogP contribution in [0.25, 0.3) is 22.4 Å². The normalized spacial score (nSPS) is 18.8. The fraction of sp³-hybridized carbons (Fsp3) is 0.400. The summed E-state index contributed by atoms with van der Waals surface area (Å²) in [5.41, 5.74) is 5.10. The smallest absolute Gasteiger partial charge is 0.156 e. The Morgan fingerprint density at radius 3 is 2.56 bits per heavy atom. The van der Waals surface area contributed by atoms with E-state index in [1.54, 1.807) is 0 Å². The zero-order valence-corrected chi connectivity index (χ0v) is 14.4. The highest BCUT2D eigenvalue weighted by Crippen LogP contribution is 2.30. The molecule has 0 amide bonds. The molecule has 5 heteroatoms. The molecule has 0 atom stereocenters. The Balaban J connectivity index is 1.28. The van der Waals surface area contributed by atoms with Crippen molar-refractivity contribution in [2.75, 3.05) is 37.6 Å². The summed E-state index contributed by atoms with van der Waals surface area (Å²) < 4.78 is 0. The minimum absolute atomic E-state index is 0.837. The monoisotopic (exact) mass is 333 g/mol. The fourth-order valence-electron chi connectivity index (χ4n) is 3.67. The molecule has 5 rings (SSSR count). The minimum Gasteiger partial charge on any atom is -0.369 e. The van der Waals surface area contributed by atoms with E-state index in [4.69, 9.17) is 0 Å². The van der Waals surface area contributed by atoms with Crippen LogP contribution < -0.4 is 4.90 Å². The van der Waals surface area contributed by atoms with Crippen LogP contribution in [-0.2, 0) is 0 Å². The van der Waals surface area contributed by atoms with E-state index in [2.05, 4.69) is 49.0 Å². The summed E-state index contributed by atoms with van der Waals surface area (Å²) in [5, 5.41) is 0. The van der Waals surface area contributed by atoms with Crippen molar-refractivity contribution in [2.45, 2.75) is 12.8 Å². The first-order valence-electron chi connectivity index (χ1n) is 9.23. The molecule has 1 N–H and O–H groups in total. The number of nitrogens with one attached hydrogen (secondary N) is 1. The van der Waals surface area contributed by atoms with E-state index < -0.39 is 0 Å². The second-order valence-corrected chi connectivity index (χ2v) is 7.24. The summed E-state index contributed by atoms with van der Waals surface area (Å²) in [5.74, 6) is 0.990. The molecule has 2 fully saturated rings. The number of aromatic amines is 1. The van der Waals surface area contributed by atoms with E-state index in [1.165, 1.54) is 38.2 Å². The van der Waals surface area contributed by atoms with Gasteiger partial charge < -0.3 is 9.88 Å². The second-order valence-electron chi connectivity index (χ2n) is 7.24. The van der Waals surface area contributed by atoms with Crippen molar-refractivity contribution in [1.82, 2.24) is 19.9 Å². The zero-order valence-electron chi connectivity index (χ0n) is 14.4. The van der Waals surface area contributed by atoms with Gasteiger partial charge in [0.15, 0.2) is 5.65 Å². The van der Waals surface area contributed by atoms with E-state index in [9.17, 15) is 0 Å². The van der Waals surface area contributed by atoms with Crippen LogP contribution in [0, 0.1) is 5.92 Å². The van der Waals surface area contributed by atoms with Gasteiger partial charge in [-0.1, -0.05) is 12.1 Å². The topological polar surface area (TPSA) is 48.1 Å². The maximum Gasteiger partial charge on any atom is 0.156 e. The summed E-state index contributed by atoms with van der Waals surface area (Å²) in [6.45, 7) is 5.94. The quantitative estimate of drug-likeness (QED) is 0.797. The average molecular weight is 333 g/mol. The molecule has 2 aliphatic rings. The minimum atomic E-state index is 0.837. The number of benzene rings is 1. The molecule has 0 unspecified atom stereocenters. The van der Waals surface area contributed by atoms with Crippen LogP contribution in [0.3, 0.4) is 0 Å². The Morgan fingerprint density at radius 2 is 1.80 bits per heavy atom. The lowest BCUT2D eigenvalue weighted by molar-refractivity contribution is 0.248. The molecular weight excluding hydrogens is 310 g/mol. The van der Waals surface area contributed by atoms with Crippen LogP contribution in [0.15, 0.2) is 42.7 Å². The number of rotatable bonds is 4. The lowest BCUT2D eigenvalue weighted by Gasteiger charge is -2.36. The molecule has 0 bridgehead atoms. The number of H-pyrrole nitrogens is 1. The highest BCUT2D eigenvalue weighted by Gasteiger charge is 2.26. The van der Waals surface area contributed by atoms with Crippen molar-refractivity contribution in [3.8, 4) is 11.3 Å². The van der Waals surface area contributed by atoms with E-state index in [0.29, 0.717) is 0 Å². The first-order chi connectivity index (χ1) is 12.3. The Hall–Kier alpha value is -2.40. The maximum absolute atomic E-state index is 4.68. The third-order valence-electron chi connectivity index (χ3n) is 5.37. The lowest BCUT2D eigenvalue weighted by Crippen LogP contribution is -2.47. The Morgan fingerprint density at radius 1 is 1.00 bits per heavy atom. The zero-order chi connectivity index (χ0) is 16.6. The third-order valence-corrected chi connectivity index (χ3v) is 5.37. The molecule has 0 spiro atoms. The predicted molar refractivity (Wildman–Crippen MR) is 101 cm³/mol. The molecule has 5 nitrogen and oxygen atoms in total. The number of piperazine rings is 1. The van der Waals surface area contributed by atoms with Gasteiger partial charge in [-0.2, -0.15) is 0 Å². The molecule has 25 heavy (non-hydrogen) atoms. The summed E-state index contributed by atoms with van der Waals surface area (Å²) in [4.78, 5) is 17.3. The van der Waals surface area contributed by atoms with E-state index in [-0.39, 0.29) is 0 Å². The largest absolute Gasteiger partial charge is 0.369 e. The fourth-order valence-corrected chi connectivity index (χ4v) is 3.67. The predicted octanol–water partition coefficient (Wildman–Crippen LogP) is 3.16. The van der Waals surface area contributed by atoms with E-state index in [1.807, 2.05) is 18.5 Å². The molecule has 1 aliphatic heterocycles. The van der Waals surface area contributed by atoms with Crippen molar-refractivity contribution < 1.29 is 0 Å². The van der Waals surface area contributed by atoms with Gasteiger partial charge in [0.05, 0.1) is 11.9 Å². The molecule has 3 aromatic rings. The van der Waals surface area contributed by atoms with E-state index >= 15 is 0 Å². The number of anilines is 1. The third kappa shape index (κ3) is 3.12. The van der Waals surface area contributed by atoms with Gasteiger partial charge in [0.1, 0.15) is 5.52 Å². The Bertz CT molecular complexity index is 857. The van der Waals surface area contributed by atoms with Gasteiger partial charge in [-0.25, -0.2) is 9.97 Å². The summed E-state index contributed by atoms with van der Waals surface area (Å²) >= 11 is 0. The number of nitrogens with zero attached hydrogens (tertiary/aromatic N) is 4. The summed E-state index contributed by atoms with van der Waals surface area (Å²) in [6, 6.07) is 10.7. The highest BCUT2D eigenvalue weighted by atomic mass is 15.3. The van der Waals surface area contributed by atoms with Gasteiger partial charge in [-0.15, -0.1) is 0 Å². The number of hydrogen-bond donors (Lipinski definition) is 1. The van der Waals surface area contributed by atoms with Gasteiger partial charge >= 0.3 is 0 Å². The molecule has 1 saturated heterocycles. The second kappa shape index (κ2) is 6.15. The Labute approximate surface area is 147 Å². The Kier molecular flexibility index (Phi) is 3.67. The van der Waals surface area contributed by atoms with Crippen molar-refractivity contribution in [1.29, 1.82) is 0 Å². The highest BCUT2D eigenvalue weighted by molar-refractivity contribution is 5.74. The van der Waals surface area contributed by atoms with Gasteiger partial charge in [-0.3, -0.25) is 4.90 Å². The van der Waals surface area contributed by atoms with Crippen LogP contribution in [0.4, 0.5) is 5.69 Å². The molecule has 2 aromatic heterocycles. The SMILES string of the molecule is c1cc2nc(-c3ccc(N4CCN(CC5CC5)CC4)cc3)cnc2[nH]1. The van der Waals surface area contributed by atoms with Crippen molar-refractivity contribution in [2.24, 2.45) is 5.92 Å². The van der Waals surface area contributed by atoms with Crippen LogP contribution in [0.5, 0.6) is 0 Å². The summed E-state index contributed by atoms with van der Waals surface area (Å²) in [6.07, 6.45) is 6.60. The van der Waals surface area contributed by atoms with Crippen LogP contribution >= 0.6 is 0 Å². The maximum atomic E-state index is 4.68. The van der Waals surface area contributed by atoms with E-state index in [0.717, 1.165) is 41.4 Å². The van der Waals surface area contributed by atoms with Gasteiger partial charge in [-0.05, 0) is 37.0 Å². The molecule has 128 valence electrons. The lowest BCUT2D eigenvalue weighted by atomic mass is 10.1. The van der Waals surface area contributed by atoms with Crippen molar-refractivity contribution in [3.05, 3.63) is 42.7 Å². The van der Waals surface area contributed by atoms with Crippen LogP contribution in [0.1, 0.15) is 12.8 Å². The summed E-state index contributed by atoms with van der Waals surface area (Å²) in [7, 11) is 0. The molecular formula is C20H23N5. The molecule has 1 saturated carbocycles. The number of aromatic nitrogens is 3. The van der Waals surface area contributed by atoms with Crippen molar-refractivity contribution in [3.63, 3.8) is 0 Å². The molecule has 1 aromatic carbocycles. The first kappa shape index (κ1) is 14.9. The molecule has 0 radical (unpaired) electrons. The number of hydrogen-bond acceptors (Lipinski definition) is 4.